The molecule has 86 valence electrons. The minimum absolute atomic E-state index is 0.177. The van der Waals surface area contributed by atoms with Crippen molar-refractivity contribution in [2.75, 3.05) is 19.7 Å². The Balaban J connectivity index is 1.81. The molecule has 0 aromatic carbocycles. The lowest BCUT2D eigenvalue weighted by Gasteiger charge is -2.31. The van der Waals surface area contributed by atoms with Crippen LogP contribution in [0.4, 0.5) is 4.79 Å². The predicted molar refractivity (Wildman–Crippen MR) is 55.7 cm³/mol. The van der Waals surface area contributed by atoms with Crippen molar-refractivity contribution >= 4 is 6.09 Å². The zero-order chi connectivity index (χ0) is 10.8. The predicted octanol–water partition coefficient (Wildman–Crippen LogP) is 1.64. The van der Waals surface area contributed by atoms with Gasteiger partial charge in [0.05, 0.1) is 31.9 Å². The molecule has 15 heavy (non-hydrogen) atoms. The number of morpholine rings is 1. The molecule has 2 heterocycles. The van der Waals surface area contributed by atoms with Crippen LogP contribution in [-0.4, -0.2) is 42.9 Å². The Morgan fingerprint density at radius 2 is 2.00 bits per heavy atom. The summed E-state index contributed by atoms with van der Waals surface area (Å²) < 4.78 is 10.9. The molecule has 2 rings (SSSR count). The van der Waals surface area contributed by atoms with Crippen molar-refractivity contribution in [1.82, 2.24) is 4.90 Å². The molecule has 1 amide bonds. The molecule has 2 aliphatic rings. The fourth-order valence-electron chi connectivity index (χ4n) is 2.09. The summed E-state index contributed by atoms with van der Waals surface area (Å²) in [5, 5.41) is 0. The Labute approximate surface area is 90.5 Å². The Kier molecular flexibility index (Phi) is 3.14. The zero-order valence-corrected chi connectivity index (χ0v) is 9.44. The number of likely N-dealkylation sites (tertiary alicyclic amines) is 1. The summed E-state index contributed by atoms with van der Waals surface area (Å²) in [5.41, 5.74) is 0. The summed E-state index contributed by atoms with van der Waals surface area (Å²) in [6, 6.07) is 0. The molecule has 2 fully saturated rings. The molecule has 4 nitrogen and oxygen atoms in total. The van der Waals surface area contributed by atoms with E-state index in [1.54, 1.807) is 4.90 Å². The standard InChI is InChI=1S/C11H19NO3/c1-8(2)7-14-11(13)12-5-9-3-4-10(6-12)15-9/h8-10H,3-7H2,1-2H3. The van der Waals surface area contributed by atoms with E-state index in [0.29, 0.717) is 25.6 Å². The van der Waals surface area contributed by atoms with Gasteiger partial charge in [0.2, 0.25) is 0 Å². The number of nitrogens with zero attached hydrogens (tertiary/aromatic N) is 1. The third-order valence-electron chi connectivity index (χ3n) is 2.84. The van der Waals surface area contributed by atoms with Crippen molar-refractivity contribution in [2.24, 2.45) is 5.92 Å². The van der Waals surface area contributed by atoms with Gasteiger partial charge in [-0.3, -0.25) is 0 Å². The zero-order valence-electron chi connectivity index (χ0n) is 9.44. The maximum Gasteiger partial charge on any atom is 0.409 e. The van der Waals surface area contributed by atoms with E-state index in [1.165, 1.54) is 0 Å². The van der Waals surface area contributed by atoms with E-state index in [-0.39, 0.29) is 18.3 Å². The highest BCUT2D eigenvalue weighted by molar-refractivity contribution is 5.67. The number of ether oxygens (including phenoxy) is 2. The monoisotopic (exact) mass is 213 g/mol. The van der Waals surface area contributed by atoms with E-state index < -0.39 is 0 Å². The third-order valence-corrected chi connectivity index (χ3v) is 2.84. The van der Waals surface area contributed by atoms with E-state index >= 15 is 0 Å². The minimum Gasteiger partial charge on any atom is -0.449 e. The van der Waals surface area contributed by atoms with Gasteiger partial charge < -0.3 is 14.4 Å². The number of hydrogen-bond acceptors (Lipinski definition) is 3. The van der Waals surface area contributed by atoms with Crippen LogP contribution in [0.3, 0.4) is 0 Å². The smallest absolute Gasteiger partial charge is 0.409 e. The molecule has 2 unspecified atom stereocenters. The highest BCUT2D eigenvalue weighted by Gasteiger charge is 2.36. The van der Waals surface area contributed by atoms with Crippen LogP contribution in [0.5, 0.6) is 0 Å². The molecule has 0 spiro atoms. The lowest BCUT2D eigenvalue weighted by atomic mass is 10.2. The highest BCUT2D eigenvalue weighted by atomic mass is 16.6. The fourth-order valence-corrected chi connectivity index (χ4v) is 2.09. The van der Waals surface area contributed by atoms with Crippen molar-refractivity contribution in [2.45, 2.75) is 38.9 Å². The molecule has 2 saturated heterocycles. The first-order valence-electron chi connectivity index (χ1n) is 5.72. The van der Waals surface area contributed by atoms with Gasteiger partial charge in [-0.2, -0.15) is 0 Å². The van der Waals surface area contributed by atoms with Gasteiger partial charge in [-0.1, -0.05) is 13.8 Å². The Bertz CT molecular complexity index is 230. The first kappa shape index (κ1) is 10.7. The second kappa shape index (κ2) is 4.39. The average molecular weight is 213 g/mol. The van der Waals surface area contributed by atoms with E-state index in [4.69, 9.17) is 9.47 Å². The van der Waals surface area contributed by atoms with Gasteiger partial charge in [0.1, 0.15) is 0 Å². The Hall–Kier alpha value is -0.770. The average Bonchev–Trinajstić information content (AvgIpc) is 2.54. The first-order valence-corrected chi connectivity index (χ1v) is 5.72. The van der Waals surface area contributed by atoms with E-state index in [1.807, 2.05) is 13.8 Å². The SMILES string of the molecule is CC(C)COC(=O)N1CC2CCC(C1)O2. The van der Waals surface area contributed by atoms with Gasteiger partial charge in [0, 0.05) is 0 Å². The molecule has 0 aromatic heterocycles. The van der Waals surface area contributed by atoms with Gasteiger partial charge in [-0.25, -0.2) is 4.79 Å². The van der Waals surface area contributed by atoms with Crippen LogP contribution >= 0.6 is 0 Å². The Morgan fingerprint density at radius 3 is 2.53 bits per heavy atom. The van der Waals surface area contributed by atoms with Crippen LogP contribution in [0.2, 0.25) is 0 Å². The topological polar surface area (TPSA) is 38.8 Å². The van der Waals surface area contributed by atoms with Crippen LogP contribution in [0.25, 0.3) is 0 Å². The summed E-state index contributed by atoms with van der Waals surface area (Å²) in [6.07, 6.45) is 2.48. The van der Waals surface area contributed by atoms with Crippen molar-refractivity contribution in [3.8, 4) is 0 Å². The summed E-state index contributed by atoms with van der Waals surface area (Å²) >= 11 is 0. The van der Waals surface area contributed by atoms with E-state index in [2.05, 4.69) is 0 Å². The van der Waals surface area contributed by atoms with Crippen LogP contribution in [-0.2, 0) is 9.47 Å². The van der Waals surface area contributed by atoms with Crippen LogP contribution < -0.4 is 0 Å². The number of carbonyl (C=O) groups excluding carboxylic acids is 1. The maximum atomic E-state index is 11.7. The molecule has 0 aromatic rings. The number of carbonyl (C=O) groups is 1. The van der Waals surface area contributed by atoms with Gasteiger partial charge in [-0.15, -0.1) is 0 Å². The molecular weight excluding hydrogens is 194 g/mol. The third kappa shape index (κ3) is 2.62. The summed E-state index contributed by atoms with van der Waals surface area (Å²) in [4.78, 5) is 13.5. The second-order valence-electron chi connectivity index (χ2n) is 4.83. The van der Waals surface area contributed by atoms with Crippen molar-refractivity contribution < 1.29 is 14.3 Å². The molecule has 2 atom stereocenters. The largest absolute Gasteiger partial charge is 0.449 e. The van der Waals surface area contributed by atoms with Crippen molar-refractivity contribution in [3.05, 3.63) is 0 Å². The van der Waals surface area contributed by atoms with E-state index in [0.717, 1.165) is 12.8 Å². The molecule has 0 saturated carbocycles. The van der Waals surface area contributed by atoms with Crippen molar-refractivity contribution in [3.63, 3.8) is 0 Å². The molecule has 4 heteroatoms. The molecule has 0 aliphatic carbocycles. The summed E-state index contributed by atoms with van der Waals surface area (Å²) in [7, 11) is 0. The maximum absolute atomic E-state index is 11.7. The number of hydrogen-bond donors (Lipinski definition) is 0. The first-order chi connectivity index (χ1) is 7.15. The summed E-state index contributed by atoms with van der Waals surface area (Å²) in [5.74, 6) is 0.395. The lowest BCUT2D eigenvalue weighted by Crippen LogP contribution is -2.46. The second-order valence-corrected chi connectivity index (χ2v) is 4.83. The molecule has 0 N–H and O–H groups in total. The van der Waals surface area contributed by atoms with Crippen LogP contribution in [0.1, 0.15) is 26.7 Å². The normalized spacial score (nSPS) is 29.7. The van der Waals surface area contributed by atoms with Gasteiger partial charge in [0.15, 0.2) is 0 Å². The van der Waals surface area contributed by atoms with Gasteiger partial charge in [-0.05, 0) is 18.8 Å². The van der Waals surface area contributed by atoms with Crippen molar-refractivity contribution in [1.29, 1.82) is 0 Å². The number of amides is 1. The molecule has 2 aliphatic heterocycles. The van der Waals surface area contributed by atoms with Gasteiger partial charge in [0.25, 0.3) is 0 Å². The van der Waals surface area contributed by atoms with Gasteiger partial charge >= 0.3 is 6.09 Å². The van der Waals surface area contributed by atoms with Crippen LogP contribution in [0, 0.1) is 5.92 Å². The molecular formula is C11H19NO3. The highest BCUT2D eigenvalue weighted by Crippen LogP contribution is 2.26. The fraction of sp³-hybridized carbons (Fsp3) is 0.909. The van der Waals surface area contributed by atoms with Crippen LogP contribution in [0.15, 0.2) is 0 Å². The Morgan fingerprint density at radius 1 is 1.40 bits per heavy atom. The van der Waals surface area contributed by atoms with E-state index in [9.17, 15) is 4.79 Å². The minimum atomic E-state index is -0.177. The molecule has 2 bridgehead atoms. The lowest BCUT2D eigenvalue weighted by molar-refractivity contribution is -0.0370. The summed E-state index contributed by atoms with van der Waals surface area (Å²) in [6.45, 7) is 5.99. The quantitative estimate of drug-likeness (QED) is 0.700. The number of rotatable bonds is 2. The number of fused-ring (bicyclic) bond motifs is 2. The molecule has 0 radical (unpaired) electrons.